The summed E-state index contributed by atoms with van der Waals surface area (Å²) in [5.41, 5.74) is 1.49. The van der Waals surface area contributed by atoms with Gasteiger partial charge in [0, 0.05) is 5.02 Å². The van der Waals surface area contributed by atoms with Gasteiger partial charge in [0.05, 0.1) is 0 Å². The van der Waals surface area contributed by atoms with E-state index in [1.54, 1.807) is 0 Å². The molecule has 0 aliphatic heterocycles. The zero-order valence-electron chi connectivity index (χ0n) is 16.6. The standard InChI is InChI=1S/C25H37Cl/c1-2-5-20-8-10-21(11-9-20)6-3-4-7-22-12-14-23(15-13-22)24-16-18-25(26)19-17-24/h3,6,16-23H,2,4-5,7-15H2,1H3/b6-3+. The first-order valence-corrected chi connectivity index (χ1v) is 11.5. The molecule has 0 N–H and O–H groups in total. The predicted molar refractivity (Wildman–Crippen MR) is 115 cm³/mol. The third-order valence-corrected chi connectivity index (χ3v) is 7.18. The minimum Gasteiger partial charge on any atom is -0.0882 e. The van der Waals surface area contributed by atoms with Crippen LogP contribution in [-0.4, -0.2) is 0 Å². The Kier molecular flexibility index (Phi) is 8.11. The summed E-state index contributed by atoms with van der Waals surface area (Å²) in [4.78, 5) is 0. The molecule has 1 aromatic carbocycles. The van der Waals surface area contributed by atoms with Crippen molar-refractivity contribution < 1.29 is 0 Å². The molecule has 0 unspecified atom stereocenters. The van der Waals surface area contributed by atoms with Crippen molar-refractivity contribution in [1.82, 2.24) is 0 Å². The van der Waals surface area contributed by atoms with Gasteiger partial charge in [-0.05, 0) is 106 Å². The average molecular weight is 373 g/mol. The van der Waals surface area contributed by atoms with E-state index in [0.717, 1.165) is 28.7 Å². The molecule has 2 fully saturated rings. The molecular formula is C25H37Cl. The Hall–Kier alpha value is -0.750. The highest BCUT2D eigenvalue weighted by Crippen LogP contribution is 2.38. The molecule has 2 saturated carbocycles. The van der Waals surface area contributed by atoms with Crippen molar-refractivity contribution in [2.24, 2.45) is 17.8 Å². The maximum atomic E-state index is 6.02. The van der Waals surface area contributed by atoms with Crippen LogP contribution in [0.15, 0.2) is 36.4 Å². The van der Waals surface area contributed by atoms with Crippen molar-refractivity contribution in [2.45, 2.75) is 89.9 Å². The lowest BCUT2D eigenvalue weighted by molar-refractivity contribution is 0.293. The molecule has 0 radical (unpaired) electrons. The van der Waals surface area contributed by atoms with E-state index in [1.165, 1.54) is 82.6 Å². The van der Waals surface area contributed by atoms with Crippen LogP contribution >= 0.6 is 11.6 Å². The molecule has 2 aliphatic carbocycles. The van der Waals surface area contributed by atoms with Crippen molar-refractivity contribution in [3.63, 3.8) is 0 Å². The normalized spacial score (nSPS) is 29.9. The van der Waals surface area contributed by atoms with Gasteiger partial charge in [-0.3, -0.25) is 0 Å². The minimum atomic E-state index is 0.761. The van der Waals surface area contributed by atoms with Gasteiger partial charge in [0.2, 0.25) is 0 Å². The van der Waals surface area contributed by atoms with E-state index < -0.39 is 0 Å². The average Bonchev–Trinajstić information content (AvgIpc) is 2.68. The molecule has 0 heterocycles. The smallest absolute Gasteiger partial charge is 0.0406 e. The zero-order chi connectivity index (χ0) is 18.2. The van der Waals surface area contributed by atoms with Crippen LogP contribution in [0.1, 0.15) is 95.5 Å². The first-order valence-electron chi connectivity index (χ1n) is 11.2. The SMILES string of the molecule is CCCC1CCC(/C=C/CCC2CCC(c3ccc(Cl)cc3)CC2)CC1. The second-order valence-corrected chi connectivity index (χ2v) is 9.28. The molecule has 0 bridgehead atoms. The summed E-state index contributed by atoms with van der Waals surface area (Å²) >= 11 is 6.02. The molecule has 1 aromatic rings. The Labute approximate surface area is 166 Å². The lowest BCUT2D eigenvalue weighted by atomic mass is 9.77. The van der Waals surface area contributed by atoms with Crippen LogP contribution < -0.4 is 0 Å². The molecule has 26 heavy (non-hydrogen) atoms. The Bertz CT molecular complexity index is 528. The molecule has 0 atom stereocenters. The number of halogens is 1. The van der Waals surface area contributed by atoms with Gasteiger partial charge in [-0.15, -0.1) is 0 Å². The fraction of sp³-hybridized carbons (Fsp3) is 0.680. The number of hydrogen-bond donors (Lipinski definition) is 0. The monoisotopic (exact) mass is 372 g/mol. The number of hydrogen-bond acceptors (Lipinski definition) is 0. The Morgan fingerprint density at radius 1 is 0.846 bits per heavy atom. The molecule has 0 saturated heterocycles. The fourth-order valence-corrected chi connectivity index (χ4v) is 5.34. The van der Waals surface area contributed by atoms with E-state index in [-0.39, 0.29) is 0 Å². The summed E-state index contributed by atoms with van der Waals surface area (Å²) in [7, 11) is 0. The van der Waals surface area contributed by atoms with Gasteiger partial charge in [-0.25, -0.2) is 0 Å². The van der Waals surface area contributed by atoms with Crippen molar-refractivity contribution in [1.29, 1.82) is 0 Å². The van der Waals surface area contributed by atoms with Crippen LogP contribution in [0.4, 0.5) is 0 Å². The van der Waals surface area contributed by atoms with Crippen LogP contribution in [0.3, 0.4) is 0 Å². The second-order valence-electron chi connectivity index (χ2n) is 8.84. The van der Waals surface area contributed by atoms with Crippen molar-refractivity contribution >= 4 is 11.6 Å². The Balaban J connectivity index is 1.31. The van der Waals surface area contributed by atoms with Crippen LogP contribution in [0.25, 0.3) is 0 Å². The molecule has 0 amide bonds. The first kappa shape index (κ1) is 20.0. The van der Waals surface area contributed by atoms with E-state index >= 15 is 0 Å². The number of rotatable bonds is 7. The quantitative estimate of drug-likeness (QED) is 0.420. The summed E-state index contributed by atoms with van der Waals surface area (Å²) in [6.45, 7) is 2.33. The van der Waals surface area contributed by atoms with E-state index in [4.69, 9.17) is 11.6 Å². The van der Waals surface area contributed by atoms with Gasteiger partial charge >= 0.3 is 0 Å². The largest absolute Gasteiger partial charge is 0.0882 e. The van der Waals surface area contributed by atoms with E-state index in [1.807, 2.05) is 12.1 Å². The van der Waals surface area contributed by atoms with E-state index in [2.05, 4.69) is 31.2 Å². The lowest BCUT2D eigenvalue weighted by Crippen LogP contribution is -2.13. The third-order valence-electron chi connectivity index (χ3n) is 6.93. The summed E-state index contributed by atoms with van der Waals surface area (Å²) in [5.74, 6) is 3.62. The van der Waals surface area contributed by atoms with E-state index in [0.29, 0.717) is 0 Å². The highest BCUT2D eigenvalue weighted by molar-refractivity contribution is 6.30. The lowest BCUT2D eigenvalue weighted by Gasteiger charge is -2.29. The molecule has 2 aliphatic rings. The van der Waals surface area contributed by atoms with Gasteiger partial charge in [-0.1, -0.05) is 55.7 Å². The Morgan fingerprint density at radius 2 is 1.46 bits per heavy atom. The van der Waals surface area contributed by atoms with Crippen LogP contribution in [0.5, 0.6) is 0 Å². The highest BCUT2D eigenvalue weighted by Gasteiger charge is 2.22. The molecule has 144 valence electrons. The molecule has 1 heteroatoms. The molecule has 0 nitrogen and oxygen atoms in total. The fourth-order valence-electron chi connectivity index (χ4n) is 5.22. The highest BCUT2D eigenvalue weighted by atomic mass is 35.5. The summed E-state index contributed by atoms with van der Waals surface area (Å²) < 4.78 is 0. The maximum absolute atomic E-state index is 6.02. The third kappa shape index (κ3) is 6.15. The zero-order valence-corrected chi connectivity index (χ0v) is 17.4. The summed E-state index contributed by atoms with van der Waals surface area (Å²) in [6, 6.07) is 8.55. The van der Waals surface area contributed by atoms with Crippen LogP contribution in [0.2, 0.25) is 5.02 Å². The first-order chi connectivity index (χ1) is 12.7. The predicted octanol–water partition coefficient (Wildman–Crippen LogP) is 8.56. The van der Waals surface area contributed by atoms with Crippen LogP contribution in [0, 0.1) is 17.8 Å². The minimum absolute atomic E-state index is 0.761. The molecule has 0 aromatic heterocycles. The van der Waals surface area contributed by atoms with Gasteiger partial charge in [-0.2, -0.15) is 0 Å². The van der Waals surface area contributed by atoms with Gasteiger partial charge < -0.3 is 0 Å². The van der Waals surface area contributed by atoms with Gasteiger partial charge in [0.1, 0.15) is 0 Å². The molecular weight excluding hydrogens is 336 g/mol. The van der Waals surface area contributed by atoms with Gasteiger partial charge in [0.25, 0.3) is 0 Å². The number of allylic oxidation sites excluding steroid dienone is 2. The molecule has 0 spiro atoms. The Morgan fingerprint density at radius 3 is 2.12 bits per heavy atom. The van der Waals surface area contributed by atoms with Crippen LogP contribution in [-0.2, 0) is 0 Å². The van der Waals surface area contributed by atoms with Crippen molar-refractivity contribution in [2.75, 3.05) is 0 Å². The summed E-state index contributed by atoms with van der Waals surface area (Å²) in [5, 5.41) is 0.855. The van der Waals surface area contributed by atoms with Gasteiger partial charge in [0.15, 0.2) is 0 Å². The second kappa shape index (κ2) is 10.5. The van der Waals surface area contributed by atoms with Crippen molar-refractivity contribution in [3.8, 4) is 0 Å². The molecule has 3 rings (SSSR count). The van der Waals surface area contributed by atoms with Crippen molar-refractivity contribution in [3.05, 3.63) is 47.0 Å². The summed E-state index contributed by atoms with van der Waals surface area (Å²) in [6.07, 6.45) is 21.9. The number of benzene rings is 1. The maximum Gasteiger partial charge on any atom is 0.0406 e. The van der Waals surface area contributed by atoms with E-state index in [9.17, 15) is 0 Å². The topological polar surface area (TPSA) is 0 Å².